The van der Waals surface area contributed by atoms with E-state index in [0.717, 1.165) is 38.9 Å². The summed E-state index contributed by atoms with van der Waals surface area (Å²) in [6.07, 6.45) is 7.21. The monoisotopic (exact) mass is 406 g/mol. The quantitative estimate of drug-likeness (QED) is 0.829. The number of carbonyl (C=O) groups is 2. The Morgan fingerprint density at radius 1 is 1.13 bits per heavy atom. The SMILES string of the molecule is CC(=O)NCCC(=O)N1Cc2ccccc2CC2(CCCN2Cc2ccncc2)C1. The molecular weight excluding hydrogens is 376 g/mol. The third kappa shape index (κ3) is 4.54. The van der Waals surface area contributed by atoms with Crippen LogP contribution in [-0.2, 0) is 29.1 Å². The van der Waals surface area contributed by atoms with Crippen molar-refractivity contribution >= 4 is 11.8 Å². The zero-order valence-electron chi connectivity index (χ0n) is 17.6. The minimum Gasteiger partial charge on any atom is -0.356 e. The van der Waals surface area contributed by atoms with E-state index in [1.807, 2.05) is 17.3 Å². The Morgan fingerprint density at radius 3 is 2.67 bits per heavy atom. The fourth-order valence-corrected chi connectivity index (χ4v) is 4.92. The molecule has 1 fully saturated rings. The molecule has 2 aromatic rings. The predicted molar refractivity (Wildman–Crippen MR) is 115 cm³/mol. The highest BCUT2D eigenvalue weighted by Gasteiger charge is 2.44. The van der Waals surface area contributed by atoms with Crippen LogP contribution in [-0.4, -0.2) is 51.8 Å². The van der Waals surface area contributed by atoms with E-state index >= 15 is 0 Å². The van der Waals surface area contributed by atoms with Gasteiger partial charge in [0.1, 0.15) is 0 Å². The first-order valence-electron chi connectivity index (χ1n) is 10.8. The largest absolute Gasteiger partial charge is 0.356 e. The Morgan fingerprint density at radius 2 is 1.90 bits per heavy atom. The van der Waals surface area contributed by atoms with Crippen LogP contribution in [0.2, 0.25) is 0 Å². The number of carbonyl (C=O) groups excluding carboxylic acids is 2. The van der Waals surface area contributed by atoms with Gasteiger partial charge in [0.25, 0.3) is 0 Å². The Kier molecular flexibility index (Phi) is 6.13. The van der Waals surface area contributed by atoms with Gasteiger partial charge >= 0.3 is 0 Å². The molecule has 6 nitrogen and oxygen atoms in total. The summed E-state index contributed by atoms with van der Waals surface area (Å²) >= 11 is 0. The molecule has 0 radical (unpaired) electrons. The van der Waals surface area contributed by atoms with Crippen LogP contribution in [0.15, 0.2) is 48.8 Å². The molecule has 0 aliphatic carbocycles. The summed E-state index contributed by atoms with van der Waals surface area (Å²) in [6, 6.07) is 12.7. The average Bonchev–Trinajstić information content (AvgIpc) is 3.01. The van der Waals surface area contributed by atoms with Crippen molar-refractivity contribution < 1.29 is 9.59 Å². The van der Waals surface area contributed by atoms with Gasteiger partial charge in [-0.25, -0.2) is 0 Å². The minimum atomic E-state index is -0.0974. The van der Waals surface area contributed by atoms with Gasteiger partial charge in [-0.3, -0.25) is 19.5 Å². The van der Waals surface area contributed by atoms with Gasteiger partial charge in [0.15, 0.2) is 0 Å². The zero-order valence-corrected chi connectivity index (χ0v) is 17.6. The van der Waals surface area contributed by atoms with Gasteiger partial charge < -0.3 is 10.2 Å². The normalized spacial score (nSPS) is 21.3. The lowest BCUT2D eigenvalue weighted by atomic mass is 9.87. The topological polar surface area (TPSA) is 65.5 Å². The Labute approximate surface area is 178 Å². The molecule has 1 atom stereocenters. The number of fused-ring (bicyclic) bond motifs is 1. The molecule has 1 spiro atoms. The molecule has 1 saturated heterocycles. The third-order valence-electron chi connectivity index (χ3n) is 6.41. The lowest BCUT2D eigenvalue weighted by Gasteiger charge is -2.41. The third-order valence-corrected chi connectivity index (χ3v) is 6.41. The van der Waals surface area contributed by atoms with Gasteiger partial charge in [0.05, 0.1) is 0 Å². The summed E-state index contributed by atoms with van der Waals surface area (Å²) in [5, 5.41) is 2.75. The summed E-state index contributed by atoms with van der Waals surface area (Å²) < 4.78 is 0. The van der Waals surface area contributed by atoms with Crippen molar-refractivity contribution in [1.29, 1.82) is 0 Å². The number of pyridine rings is 1. The van der Waals surface area contributed by atoms with Gasteiger partial charge in [-0.1, -0.05) is 24.3 Å². The second kappa shape index (κ2) is 8.96. The first-order valence-corrected chi connectivity index (χ1v) is 10.8. The van der Waals surface area contributed by atoms with Crippen LogP contribution in [0.25, 0.3) is 0 Å². The second-order valence-electron chi connectivity index (χ2n) is 8.53. The van der Waals surface area contributed by atoms with Crippen molar-refractivity contribution in [3.8, 4) is 0 Å². The number of hydrogen-bond acceptors (Lipinski definition) is 4. The molecule has 6 heteroatoms. The minimum absolute atomic E-state index is 0.0560. The predicted octanol–water partition coefficient (Wildman–Crippen LogP) is 2.53. The van der Waals surface area contributed by atoms with Crippen LogP contribution < -0.4 is 5.32 Å². The summed E-state index contributed by atoms with van der Waals surface area (Å²) in [5.74, 6) is 0.00962. The van der Waals surface area contributed by atoms with E-state index in [2.05, 4.69) is 51.6 Å². The number of likely N-dealkylation sites (tertiary alicyclic amines) is 1. The van der Waals surface area contributed by atoms with E-state index in [1.165, 1.54) is 23.6 Å². The highest BCUT2D eigenvalue weighted by molar-refractivity contribution is 5.78. The molecular formula is C24H30N4O2. The number of rotatable bonds is 5. The van der Waals surface area contributed by atoms with Crippen molar-refractivity contribution in [3.63, 3.8) is 0 Å². The highest BCUT2D eigenvalue weighted by Crippen LogP contribution is 2.38. The van der Waals surface area contributed by atoms with Crippen molar-refractivity contribution in [2.45, 2.75) is 51.2 Å². The first kappa shape index (κ1) is 20.5. The van der Waals surface area contributed by atoms with Crippen LogP contribution in [0.5, 0.6) is 0 Å². The van der Waals surface area contributed by atoms with E-state index in [-0.39, 0.29) is 17.4 Å². The number of aromatic nitrogens is 1. The van der Waals surface area contributed by atoms with E-state index in [9.17, 15) is 9.59 Å². The molecule has 0 saturated carbocycles. The van der Waals surface area contributed by atoms with Crippen LogP contribution in [0.3, 0.4) is 0 Å². The first-order chi connectivity index (χ1) is 14.6. The maximum absolute atomic E-state index is 13.1. The molecule has 1 unspecified atom stereocenters. The van der Waals surface area contributed by atoms with Gasteiger partial charge in [-0.2, -0.15) is 0 Å². The van der Waals surface area contributed by atoms with Gasteiger partial charge in [0.2, 0.25) is 11.8 Å². The molecule has 30 heavy (non-hydrogen) atoms. The smallest absolute Gasteiger partial charge is 0.224 e. The Balaban J connectivity index is 1.59. The average molecular weight is 407 g/mol. The highest BCUT2D eigenvalue weighted by atomic mass is 16.2. The van der Waals surface area contributed by atoms with Crippen molar-refractivity contribution in [3.05, 3.63) is 65.5 Å². The molecule has 4 rings (SSSR count). The Bertz CT molecular complexity index is 901. The molecule has 2 amide bonds. The zero-order chi connectivity index (χ0) is 21.0. The molecule has 158 valence electrons. The second-order valence-corrected chi connectivity index (χ2v) is 8.53. The van der Waals surface area contributed by atoms with Crippen molar-refractivity contribution in [1.82, 2.24) is 20.1 Å². The molecule has 3 heterocycles. The number of benzene rings is 1. The van der Waals surface area contributed by atoms with Crippen LogP contribution in [0.1, 0.15) is 42.9 Å². The van der Waals surface area contributed by atoms with Crippen molar-refractivity contribution in [2.24, 2.45) is 0 Å². The molecule has 2 aliphatic rings. The van der Waals surface area contributed by atoms with Crippen LogP contribution in [0, 0.1) is 0 Å². The van der Waals surface area contributed by atoms with Crippen LogP contribution in [0.4, 0.5) is 0 Å². The number of amides is 2. The molecule has 1 N–H and O–H groups in total. The summed E-state index contributed by atoms with van der Waals surface area (Å²) in [4.78, 5) is 33.0. The lowest BCUT2D eigenvalue weighted by Crippen LogP contribution is -2.53. The van der Waals surface area contributed by atoms with Gasteiger partial charge in [-0.15, -0.1) is 0 Å². The fraction of sp³-hybridized carbons (Fsp3) is 0.458. The number of nitrogens with zero attached hydrogens (tertiary/aromatic N) is 3. The molecule has 0 bridgehead atoms. The number of hydrogen-bond donors (Lipinski definition) is 1. The molecule has 1 aromatic carbocycles. The van der Waals surface area contributed by atoms with Gasteiger partial charge in [-0.05, 0) is 54.6 Å². The van der Waals surface area contributed by atoms with Gasteiger partial charge in [0, 0.05) is 57.5 Å². The summed E-state index contributed by atoms with van der Waals surface area (Å²) in [6.45, 7) is 5.15. The maximum Gasteiger partial charge on any atom is 0.224 e. The van der Waals surface area contributed by atoms with Crippen LogP contribution >= 0.6 is 0 Å². The summed E-state index contributed by atoms with van der Waals surface area (Å²) in [7, 11) is 0. The number of nitrogens with one attached hydrogen (secondary N) is 1. The molecule has 1 aromatic heterocycles. The van der Waals surface area contributed by atoms with E-state index in [1.54, 1.807) is 0 Å². The standard InChI is InChI=1S/C24H30N4O2/c1-19(29)26-13-9-23(30)27-17-22-6-3-2-5-21(22)15-24(18-27)10-4-14-28(24)16-20-7-11-25-12-8-20/h2-3,5-8,11-12H,4,9-10,13-18H2,1H3,(H,26,29). The molecule has 2 aliphatic heterocycles. The maximum atomic E-state index is 13.1. The fourth-order valence-electron chi connectivity index (χ4n) is 4.92. The Hall–Kier alpha value is -2.73. The van der Waals surface area contributed by atoms with E-state index in [4.69, 9.17) is 0 Å². The van der Waals surface area contributed by atoms with E-state index < -0.39 is 0 Å². The van der Waals surface area contributed by atoms with Crippen molar-refractivity contribution in [2.75, 3.05) is 19.6 Å². The lowest BCUT2D eigenvalue weighted by molar-refractivity contribution is -0.133. The van der Waals surface area contributed by atoms with E-state index in [0.29, 0.717) is 19.5 Å². The summed E-state index contributed by atoms with van der Waals surface area (Å²) in [5.41, 5.74) is 3.78.